The maximum Gasteiger partial charge on any atom is 0.309 e. The maximum absolute atomic E-state index is 12.1. The lowest BCUT2D eigenvalue weighted by atomic mass is 9.91. The summed E-state index contributed by atoms with van der Waals surface area (Å²) in [6.45, 7) is 11.5. The van der Waals surface area contributed by atoms with E-state index in [2.05, 4.69) is 13.8 Å². The molecule has 130 valence electrons. The van der Waals surface area contributed by atoms with Crippen molar-refractivity contribution >= 4 is 11.9 Å². The highest BCUT2D eigenvalue weighted by Crippen LogP contribution is 2.23. The first-order chi connectivity index (χ1) is 10.1. The van der Waals surface area contributed by atoms with Gasteiger partial charge in [-0.05, 0) is 26.7 Å². The smallest absolute Gasteiger partial charge is 0.309 e. The molecular weight excluding hydrogens is 282 g/mol. The Bertz CT molecular complexity index is 362. The van der Waals surface area contributed by atoms with E-state index in [4.69, 9.17) is 9.47 Å². The van der Waals surface area contributed by atoms with Crippen molar-refractivity contribution in [3.8, 4) is 0 Å². The largest absolute Gasteiger partial charge is 0.460 e. The summed E-state index contributed by atoms with van der Waals surface area (Å²) in [5.74, 6) is -0.0191. The Labute approximate surface area is 135 Å². The Morgan fingerprint density at radius 1 is 1.18 bits per heavy atom. The number of hydrogen-bond donors (Lipinski definition) is 0. The van der Waals surface area contributed by atoms with E-state index >= 15 is 0 Å². The van der Waals surface area contributed by atoms with Crippen molar-refractivity contribution in [3.63, 3.8) is 0 Å². The lowest BCUT2D eigenvalue weighted by Gasteiger charge is -2.37. The molecule has 0 saturated heterocycles. The van der Waals surface area contributed by atoms with Gasteiger partial charge in [0.05, 0.1) is 18.6 Å². The molecule has 0 aliphatic carbocycles. The zero-order valence-electron chi connectivity index (χ0n) is 15.4. The molecule has 0 bridgehead atoms. The summed E-state index contributed by atoms with van der Waals surface area (Å²) in [6.07, 6.45) is 1.11. The molecule has 0 unspecified atom stereocenters. The molecule has 22 heavy (non-hydrogen) atoms. The van der Waals surface area contributed by atoms with Crippen LogP contribution < -0.4 is 0 Å². The van der Waals surface area contributed by atoms with Crippen LogP contribution in [0, 0.1) is 5.92 Å². The van der Waals surface area contributed by atoms with Gasteiger partial charge in [0, 0.05) is 20.6 Å². The minimum atomic E-state index is -0.521. The lowest BCUT2D eigenvalue weighted by Crippen LogP contribution is -2.50. The number of carbonyl (C=O) groups is 2. The van der Waals surface area contributed by atoms with E-state index in [1.807, 2.05) is 27.7 Å². The molecule has 0 radical (unpaired) electrons. The van der Waals surface area contributed by atoms with E-state index in [9.17, 15) is 9.59 Å². The zero-order chi connectivity index (χ0) is 17.5. The van der Waals surface area contributed by atoms with Crippen LogP contribution in [0.15, 0.2) is 0 Å². The number of methoxy groups -OCH3 is 1. The SMILES string of the molecule is CCC(=O)N(C)[C@@H]([C@@H](C)CC)[C@@H](CC(=O)OC(C)(C)C)OC. The van der Waals surface area contributed by atoms with Crippen molar-refractivity contribution in [3.05, 3.63) is 0 Å². The number of carbonyl (C=O) groups excluding carboxylic acids is 2. The summed E-state index contributed by atoms with van der Waals surface area (Å²) >= 11 is 0. The minimum Gasteiger partial charge on any atom is -0.460 e. The summed E-state index contributed by atoms with van der Waals surface area (Å²) in [5.41, 5.74) is -0.521. The first kappa shape index (κ1) is 20.9. The van der Waals surface area contributed by atoms with Crippen molar-refractivity contribution < 1.29 is 19.1 Å². The van der Waals surface area contributed by atoms with Crippen molar-refractivity contribution in [2.24, 2.45) is 5.92 Å². The van der Waals surface area contributed by atoms with E-state index in [0.717, 1.165) is 6.42 Å². The molecule has 0 aliphatic heterocycles. The zero-order valence-corrected chi connectivity index (χ0v) is 15.4. The molecule has 0 fully saturated rings. The van der Waals surface area contributed by atoms with Crippen molar-refractivity contribution in [2.75, 3.05) is 14.2 Å². The fourth-order valence-electron chi connectivity index (χ4n) is 2.55. The number of rotatable bonds is 8. The average molecular weight is 315 g/mol. The van der Waals surface area contributed by atoms with Crippen LogP contribution >= 0.6 is 0 Å². The molecule has 5 nitrogen and oxygen atoms in total. The van der Waals surface area contributed by atoms with Crippen LogP contribution in [0.3, 0.4) is 0 Å². The van der Waals surface area contributed by atoms with Crippen LogP contribution in [0.5, 0.6) is 0 Å². The molecule has 0 aromatic rings. The second-order valence-corrected chi connectivity index (χ2v) is 6.80. The van der Waals surface area contributed by atoms with Crippen molar-refractivity contribution in [1.29, 1.82) is 0 Å². The van der Waals surface area contributed by atoms with Gasteiger partial charge in [-0.3, -0.25) is 9.59 Å². The number of amides is 1. The van der Waals surface area contributed by atoms with E-state index in [0.29, 0.717) is 6.42 Å². The van der Waals surface area contributed by atoms with E-state index in [1.165, 1.54) is 0 Å². The van der Waals surface area contributed by atoms with Crippen LogP contribution in [0.4, 0.5) is 0 Å². The normalized spacial score (nSPS) is 15.8. The summed E-state index contributed by atoms with van der Waals surface area (Å²) in [6, 6.07) is -0.144. The Morgan fingerprint density at radius 3 is 2.09 bits per heavy atom. The third kappa shape index (κ3) is 6.77. The van der Waals surface area contributed by atoms with Gasteiger partial charge in [0.15, 0.2) is 0 Å². The quantitative estimate of drug-likeness (QED) is 0.646. The van der Waals surface area contributed by atoms with Crippen LogP contribution in [-0.4, -0.2) is 48.7 Å². The minimum absolute atomic E-state index is 0.0524. The van der Waals surface area contributed by atoms with E-state index in [-0.39, 0.29) is 36.4 Å². The van der Waals surface area contributed by atoms with Gasteiger partial charge in [-0.2, -0.15) is 0 Å². The van der Waals surface area contributed by atoms with Gasteiger partial charge >= 0.3 is 5.97 Å². The number of nitrogens with zero attached hydrogens (tertiary/aromatic N) is 1. The number of esters is 1. The second-order valence-electron chi connectivity index (χ2n) is 6.80. The molecule has 0 aliphatic rings. The Hall–Kier alpha value is -1.10. The highest BCUT2D eigenvalue weighted by atomic mass is 16.6. The van der Waals surface area contributed by atoms with Gasteiger partial charge in [0.25, 0.3) is 0 Å². The fourth-order valence-corrected chi connectivity index (χ4v) is 2.55. The first-order valence-corrected chi connectivity index (χ1v) is 8.07. The highest BCUT2D eigenvalue weighted by Gasteiger charge is 2.34. The van der Waals surface area contributed by atoms with Crippen LogP contribution in [0.2, 0.25) is 0 Å². The average Bonchev–Trinajstić information content (AvgIpc) is 2.42. The van der Waals surface area contributed by atoms with Gasteiger partial charge in [-0.25, -0.2) is 0 Å². The molecule has 1 amide bonds. The molecule has 0 N–H and O–H groups in total. The van der Waals surface area contributed by atoms with Crippen LogP contribution in [0.25, 0.3) is 0 Å². The third-order valence-electron chi connectivity index (χ3n) is 3.84. The predicted octanol–water partition coefficient (Wildman–Crippen LogP) is 3.02. The molecular formula is C17H33NO4. The van der Waals surface area contributed by atoms with Gasteiger partial charge in [0.2, 0.25) is 5.91 Å². The van der Waals surface area contributed by atoms with Crippen molar-refractivity contribution in [1.82, 2.24) is 4.90 Å². The van der Waals surface area contributed by atoms with Gasteiger partial charge in [-0.1, -0.05) is 27.2 Å². The Morgan fingerprint density at radius 2 is 1.73 bits per heavy atom. The fraction of sp³-hybridized carbons (Fsp3) is 0.882. The number of likely N-dealkylation sites (N-methyl/N-ethyl adjacent to an activating group) is 1. The summed E-state index contributed by atoms with van der Waals surface area (Å²) < 4.78 is 10.9. The summed E-state index contributed by atoms with van der Waals surface area (Å²) in [4.78, 5) is 25.9. The summed E-state index contributed by atoms with van der Waals surface area (Å²) in [5, 5.41) is 0. The lowest BCUT2D eigenvalue weighted by molar-refractivity contribution is -0.160. The highest BCUT2D eigenvalue weighted by molar-refractivity contribution is 5.76. The van der Waals surface area contributed by atoms with Gasteiger partial charge in [-0.15, -0.1) is 0 Å². The standard InChI is InChI=1S/C17H33NO4/c1-9-12(3)16(18(7)14(19)10-2)13(21-8)11-15(20)22-17(4,5)6/h12-13,16H,9-11H2,1-8H3/t12-,13+,16-/m0/s1. The molecule has 0 heterocycles. The third-order valence-corrected chi connectivity index (χ3v) is 3.84. The molecule has 0 aromatic heterocycles. The second kappa shape index (κ2) is 9.13. The van der Waals surface area contributed by atoms with Crippen LogP contribution in [-0.2, 0) is 19.1 Å². The molecule has 0 aromatic carbocycles. The molecule has 0 rings (SSSR count). The monoisotopic (exact) mass is 315 g/mol. The van der Waals surface area contributed by atoms with Crippen LogP contribution in [0.1, 0.15) is 60.8 Å². The number of ether oxygens (including phenoxy) is 2. The maximum atomic E-state index is 12.1. The first-order valence-electron chi connectivity index (χ1n) is 8.07. The van der Waals surface area contributed by atoms with Gasteiger partial charge < -0.3 is 14.4 Å². The Balaban J connectivity index is 5.14. The van der Waals surface area contributed by atoms with E-state index in [1.54, 1.807) is 19.1 Å². The van der Waals surface area contributed by atoms with Gasteiger partial charge in [0.1, 0.15) is 5.60 Å². The number of hydrogen-bond acceptors (Lipinski definition) is 4. The molecule has 3 atom stereocenters. The predicted molar refractivity (Wildman–Crippen MR) is 87.6 cm³/mol. The topological polar surface area (TPSA) is 55.8 Å². The molecule has 0 saturated carbocycles. The van der Waals surface area contributed by atoms with E-state index < -0.39 is 5.60 Å². The molecule has 5 heteroatoms. The van der Waals surface area contributed by atoms with Crippen molar-refractivity contribution in [2.45, 2.75) is 78.6 Å². The molecule has 0 spiro atoms. The Kier molecular flexibility index (Phi) is 8.68. The summed E-state index contributed by atoms with van der Waals surface area (Å²) in [7, 11) is 3.36.